The van der Waals surface area contributed by atoms with E-state index in [1.807, 2.05) is 49.1 Å². The maximum absolute atomic E-state index is 14.8. The monoisotopic (exact) mass is 550 g/mol. The molecule has 0 radical (unpaired) electrons. The van der Waals surface area contributed by atoms with Crippen molar-refractivity contribution in [2.75, 3.05) is 19.8 Å². The van der Waals surface area contributed by atoms with Gasteiger partial charge in [0.05, 0.1) is 24.2 Å². The third kappa shape index (κ3) is 4.31. The number of hydrogen-bond acceptors (Lipinski definition) is 6. The maximum atomic E-state index is 14.8. The molecule has 1 aromatic rings. The summed E-state index contributed by atoms with van der Waals surface area (Å²) in [6, 6.07) is 7.54. The largest absolute Gasteiger partial charge is 0.461 e. The van der Waals surface area contributed by atoms with Gasteiger partial charge in [-0.2, -0.15) is 0 Å². The molecule has 3 heterocycles. The van der Waals surface area contributed by atoms with Gasteiger partial charge < -0.3 is 24.4 Å². The predicted molar refractivity (Wildman–Crippen MR) is 150 cm³/mol. The standard InChI is InChI=1S/C32H42N2O6/c1-5-17-33(23-15-11-8-12-16-23)29(37)27-32-19-21(3)31(4,40-32)26(30(38)39-18-6-2)25(32)28(36)34(27)24(20-35)22-13-9-7-10-14-22/h5-7,9-10,13-14,21,23-27,35H,1-2,8,11-12,15-20H2,3-4H3/t21?,24-,25+,26+,27?,31-,32?/m1/s1. The van der Waals surface area contributed by atoms with Crippen molar-refractivity contribution in [3.8, 4) is 0 Å². The van der Waals surface area contributed by atoms with Gasteiger partial charge in [0, 0.05) is 12.6 Å². The first-order chi connectivity index (χ1) is 19.2. The number of carbonyl (C=O) groups excluding carboxylic acids is 3. The van der Waals surface area contributed by atoms with Crippen molar-refractivity contribution >= 4 is 17.8 Å². The highest BCUT2D eigenvalue weighted by Gasteiger charge is 2.81. The molecule has 1 spiro atoms. The summed E-state index contributed by atoms with van der Waals surface area (Å²) in [5, 5.41) is 10.7. The molecule has 216 valence electrons. The molecule has 40 heavy (non-hydrogen) atoms. The predicted octanol–water partition coefficient (Wildman–Crippen LogP) is 3.81. The topological polar surface area (TPSA) is 96.4 Å². The third-order valence-electron chi connectivity index (χ3n) is 9.90. The fourth-order valence-corrected chi connectivity index (χ4v) is 8.02. The zero-order chi connectivity index (χ0) is 28.7. The summed E-state index contributed by atoms with van der Waals surface area (Å²) in [6.45, 7) is 11.5. The second-order valence-corrected chi connectivity index (χ2v) is 12.0. The Kier molecular flexibility index (Phi) is 7.94. The molecule has 1 N–H and O–H groups in total. The lowest BCUT2D eigenvalue weighted by Crippen LogP contribution is -2.59. The van der Waals surface area contributed by atoms with Crippen LogP contribution in [0.25, 0.3) is 0 Å². The highest BCUT2D eigenvalue weighted by molar-refractivity contribution is 5.99. The molecule has 4 fully saturated rings. The fraction of sp³-hybridized carbons (Fsp3) is 0.594. The van der Waals surface area contributed by atoms with E-state index in [1.54, 1.807) is 6.08 Å². The molecule has 4 aliphatic rings. The van der Waals surface area contributed by atoms with Crippen LogP contribution in [-0.2, 0) is 23.9 Å². The summed E-state index contributed by atoms with van der Waals surface area (Å²) in [6.07, 6.45) is 8.69. The number of aliphatic hydroxyl groups excluding tert-OH is 1. The smallest absolute Gasteiger partial charge is 0.313 e. The van der Waals surface area contributed by atoms with E-state index in [-0.39, 0.29) is 37.0 Å². The van der Waals surface area contributed by atoms with Gasteiger partial charge in [0.1, 0.15) is 24.2 Å². The maximum Gasteiger partial charge on any atom is 0.313 e. The summed E-state index contributed by atoms with van der Waals surface area (Å²) in [4.78, 5) is 46.3. The number of benzene rings is 1. The van der Waals surface area contributed by atoms with Gasteiger partial charge in [-0.3, -0.25) is 14.4 Å². The molecule has 1 saturated carbocycles. The summed E-state index contributed by atoms with van der Waals surface area (Å²) in [5.41, 5.74) is -1.45. The van der Waals surface area contributed by atoms with E-state index < -0.39 is 41.1 Å². The summed E-state index contributed by atoms with van der Waals surface area (Å²) in [5.74, 6) is -2.93. The van der Waals surface area contributed by atoms with Crippen LogP contribution < -0.4 is 0 Å². The van der Waals surface area contributed by atoms with Crippen LogP contribution in [0.15, 0.2) is 55.6 Å². The minimum Gasteiger partial charge on any atom is -0.461 e. The molecule has 8 nitrogen and oxygen atoms in total. The molecule has 8 heteroatoms. The third-order valence-corrected chi connectivity index (χ3v) is 9.90. The van der Waals surface area contributed by atoms with Gasteiger partial charge in [0.25, 0.3) is 0 Å². The van der Waals surface area contributed by atoms with Crippen molar-refractivity contribution in [2.45, 2.75) is 81.7 Å². The number of ether oxygens (including phenoxy) is 2. The number of aliphatic hydroxyl groups is 1. The quantitative estimate of drug-likeness (QED) is 0.352. The summed E-state index contributed by atoms with van der Waals surface area (Å²) >= 11 is 0. The Morgan fingerprint density at radius 3 is 2.52 bits per heavy atom. The van der Waals surface area contributed by atoms with Crippen LogP contribution in [0, 0.1) is 17.8 Å². The number of carbonyl (C=O) groups is 3. The number of hydrogen-bond donors (Lipinski definition) is 1. The summed E-state index contributed by atoms with van der Waals surface area (Å²) < 4.78 is 12.3. The molecule has 2 bridgehead atoms. The van der Waals surface area contributed by atoms with E-state index in [9.17, 15) is 19.5 Å². The second kappa shape index (κ2) is 11.1. The first kappa shape index (κ1) is 28.6. The van der Waals surface area contributed by atoms with Crippen molar-refractivity contribution in [3.05, 3.63) is 61.2 Å². The first-order valence-electron chi connectivity index (χ1n) is 14.6. The average molecular weight is 551 g/mol. The van der Waals surface area contributed by atoms with E-state index in [2.05, 4.69) is 13.2 Å². The van der Waals surface area contributed by atoms with Crippen molar-refractivity contribution in [2.24, 2.45) is 17.8 Å². The van der Waals surface area contributed by atoms with Gasteiger partial charge >= 0.3 is 5.97 Å². The van der Waals surface area contributed by atoms with Crippen molar-refractivity contribution < 1.29 is 29.0 Å². The van der Waals surface area contributed by atoms with Crippen LogP contribution >= 0.6 is 0 Å². The first-order valence-corrected chi connectivity index (χ1v) is 14.6. The molecule has 3 aliphatic heterocycles. The Bertz CT molecular complexity index is 1150. The minimum atomic E-state index is -1.21. The highest BCUT2D eigenvalue weighted by atomic mass is 16.6. The SMILES string of the molecule is C=CCOC(=O)[C@@H]1[C@H]2C(=O)N([C@H](CO)c3ccccc3)C(C(=O)N(CC=C)C3CCCCC3)C23CC(C)[C@@]1(C)O3. The van der Waals surface area contributed by atoms with Gasteiger partial charge in [-0.1, -0.05) is 75.2 Å². The highest BCUT2D eigenvalue weighted by Crippen LogP contribution is 2.66. The van der Waals surface area contributed by atoms with Gasteiger partial charge in [0.2, 0.25) is 11.8 Å². The van der Waals surface area contributed by atoms with Crippen molar-refractivity contribution in [3.63, 3.8) is 0 Å². The Morgan fingerprint density at radius 2 is 1.90 bits per heavy atom. The van der Waals surface area contributed by atoms with Crippen LogP contribution in [-0.4, -0.2) is 75.7 Å². The van der Waals surface area contributed by atoms with Crippen LogP contribution in [0.3, 0.4) is 0 Å². The normalized spacial score (nSPS) is 33.9. The van der Waals surface area contributed by atoms with Gasteiger partial charge in [-0.25, -0.2) is 0 Å². The molecular formula is C32H42N2O6. The molecule has 3 unspecified atom stereocenters. The van der Waals surface area contributed by atoms with Crippen LogP contribution in [0.1, 0.15) is 64.0 Å². The second-order valence-electron chi connectivity index (χ2n) is 12.0. The van der Waals surface area contributed by atoms with Crippen LogP contribution in [0.4, 0.5) is 0 Å². The molecule has 7 atom stereocenters. The molecule has 3 saturated heterocycles. The van der Waals surface area contributed by atoms with Gasteiger partial charge in [-0.05, 0) is 37.7 Å². The number of rotatable bonds is 10. The van der Waals surface area contributed by atoms with E-state index in [0.29, 0.717) is 13.0 Å². The molecule has 1 aliphatic carbocycles. The minimum absolute atomic E-state index is 0.0256. The van der Waals surface area contributed by atoms with Crippen molar-refractivity contribution in [1.82, 2.24) is 9.80 Å². The molecular weight excluding hydrogens is 508 g/mol. The van der Waals surface area contributed by atoms with E-state index >= 15 is 0 Å². The van der Waals surface area contributed by atoms with E-state index in [4.69, 9.17) is 9.47 Å². The van der Waals surface area contributed by atoms with Crippen molar-refractivity contribution in [1.29, 1.82) is 0 Å². The Labute approximate surface area is 237 Å². The number of likely N-dealkylation sites (tertiary alicyclic amines) is 1. The number of fused-ring (bicyclic) bond motifs is 1. The van der Waals surface area contributed by atoms with Crippen LogP contribution in [0.5, 0.6) is 0 Å². The number of nitrogens with zero attached hydrogens (tertiary/aromatic N) is 2. The molecule has 1 aromatic carbocycles. The van der Waals surface area contributed by atoms with Crippen LogP contribution in [0.2, 0.25) is 0 Å². The lowest BCUT2D eigenvalue weighted by molar-refractivity contribution is -0.163. The number of esters is 1. The molecule has 0 aromatic heterocycles. The zero-order valence-corrected chi connectivity index (χ0v) is 23.7. The average Bonchev–Trinajstić information content (AvgIpc) is 3.48. The zero-order valence-electron chi connectivity index (χ0n) is 23.7. The molecule has 2 amide bonds. The lowest BCUT2D eigenvalue weighted by atomic mass is 9.62. The Morgan fingerprint density at radius 1 is 1.20 bits per heavy atom. The van der Waals surface area contributed by atoms with E-state index in [0.717, 1.165) is 37.7 Å². The Balaban J connectivity index is 1.64. The molecule has 5 rings (SSSR count). The Hall–Kier alpha value is -2.97. The van der Waals surface area contributed by atoms with Gasteiger partial charge in [0.15, 0.2) is 0 Å². The number of amides is 2. The lowest BCUT2D eigenvalue weighted by Gasteiger charge is -2.42. The van der Waals surface area contributed by atoms with Gasteiger partial charge in [-0.15, -0.1) is 6.58 Å². The van der Waals surface area contributed by atoms with E-state index in [1.165, 1.54) is 11.0 Å². The summed E-state index contributed by atoms with van der Waals surface area (Å²) in [7, 11) is 0. The fourth-order valence-electron chi connectivity index (χ4n) is 8.02.